The molecule has 0 unspecified atom stereocenters. The molecule has 0 heterocycles. The molecule has 0 saturated carbocycles. The van der Waals surface area contributed by atoms with E-state index >= 15 is 0 Å². The normalized spacial score (nSPS) is 7.40. The van der Waals surface area contributed by atoms with Gasteiger partial charge in [-0.25, -0.2) is 4.79 Å². The molecule has 5 nitrogen and oxygen atoms in total. The smallest absolute Gasteiger partial charge is 0.329 e. The third kappa shape index (κ3) is 26.3. The Bertz CT molecular complexity index is 98.2. The molecule has 0 aromatic carbocycles. The molecule has 60 valence electrons. The second kappa shape index (κ2) is 8.38. The minimum atomic E-state index is -1.19. The first-order valence-electron chi connectivity index (χ1n) is 2.15. The number of rotatable bonds is 2. The monoisotopic (exact) mass is 214 g/mol. The predicted octanol–water partition coefficient (Wildman–Crippen LogP) is -0.471. The number of aliphatic carboxylic acids is 2. The van der Waals surface area contributed by atoms with Crippen LogP contribution in [0.5, 0.6) is 0 Å². The highest BCUT2D eigenvalue weighted by atomic mass is 79.9. The van der Waals surface area contributed by atoms with Gasteiger partial charge in [0.15, 0.2) is 0 Å². The van der Waals surface area contributed by atoms with Crippen LogP contribution in [0.2, 0.25) is 0 Å². The summed E-state index contributed by atoms with van der Waals surface area (Å²) in [5.74, 6) is -2.02. The number of aliphatic hydroxyl groups is 1. The van der Waals surface area contributed by atoms with Crippen molar-refractivity contribution in [1.82, 2.24) is 0 Å². The molecule has 0 fully saturated rings. The van der Waals surface area contributed by atoms with Crippen molar-refractivity contribution in [3.8, 4) is 0 Å². The molecule has 0 bridgehead atoms. The van der Waals surface area contributed by atoms with E-state index in [9.17, 15) is 4.79 Å². The third-order valence-corrected chi connectivity index (χ3v) is 0.729. The molecule has 0 aromatic rings. The highest BCUT2D eigenvalue weighted by molar-refractivity contribution is 9.09. The second-order valence-electron chi connectivity index (χ2n) is 1.08. The Hall–Kier alpha value is -0.620. The Morgan fingerprint density at radius 2 is 1.40 bits per heavy atom. The fourth-order valence-corrected chi connectivity index (χ4v) is 0. The van der Waals surface area contributed by atoms with Crippen molar-refractivity contribution >= 4 is 27.9 Å². The maximum atomic E-state index is 9.32. The lowest BCUT2D eigenvalue weighted by Crippen LogP contribution is -1.98. The second-order valence-corrected chi connectivity index (χ2v) is 1.64. The molecule has 3 N–H and O–H groups in total. The Kier molecular flexibility index (Phi) is 10.1. The third-order valence-electron chi connectivity index (χ3n) is 0.250. The highest BCUT2D eigenvalue weighted by Crippen LogP contribution is 1.73. The van der Waals surface area contributed by atoms with Crippen LogP contribution in [-0.4, -0.2) is 39.2 Å². The quantitative estimate of drug-likeness (QED) is 0.541. The van der Waals surface area contributed by atoms with Crippen molar-refractivity contribution in [2.45, 2.75) is 0 Å². The fourth-order valence-electron chi connectivity index (χ4n) is 0. The van der Waals surface area contributed by atoms with Crippen LogP contribution in [0.3, 0.4) is 0 Å². The average molecular weight is 215 g/mol. The van der Waals surface area contributed by atoms with Crippen molar-refractivity contribution in [3.63, 3.8) is 0 Å². The van der Waals surface area contributed by atoms with Gasteiger partial charge in [-0.05, 0) is 0 Å². The zero-order chi connectivity index (χ0) is 8.57. The van der Waals surface area contributed by atoms with Gasteiger partial charge in [0.2, 0.25) is 0 Å². The van der Waals surface area contributed by atoms with Crippen LogP contribution < -0.4 is 0 Å². The number of carboxylic acid groups (broad SMARTS) is 2. The molecular formula is C4H7BrO5. The Morgan fingerprint density at radius 3 is 1.40 bits per heavy atom. The molecule has 0 radical (unpaired) electrons. The summed E-state index contributed by atoms with van der Waals surface area (Å²) in [6.07, 6.45) is 0. The Labute approximate surface area is 65.4 Å². The summed E-state index contributed by atoms with van der Waals surface area (Å²) in [5.41, 5.74) is 0. The molecule has 0 spiro atoms. The van der Waals surface area contributed by atoms with Crippen LogP contribution in [0, 0.1) is 0 Å². The van der Waals surface area contributed by atoms with E-state index in [2.05, 4.69) is 15.9 Å². The van der Waals surface area contributed by atoms with Crippen LogP contribution in [0.15, 0.2) is 0 Å². The number of carbonyl (C=O) groups is 2. The number of aliphatic hydroxyl groups excluding tert-OH is 1. The van der Waals surface area contributed by atoms with E-state index in [1.807, 2.05) is 0 Å². The number of carboxylic acids is 2. The largest absolute Gasteiger partial charge is 0.481 e. The van der Waals surface area contributed by atoms with E-state index in [0.29, 0.717) is 0 Å². The highest BCUT2D eigenvalue weighted by Gasteiger charge is 1.83. The summed E-state index contributed by atoms with van der Waals surface area (Å²) >= 11 is 2.71. The summed E-state index contributed by atoms with van der Waals surface area (Å²) in [5, 5.41) is 22.7. The molecule has 0 aliphatic rings. The van der Waals surface area contributed by atoms with Gasteiger partial charge in [0.05, 0.1) is 0 Å². The van der Waals surface area contributed by atoms with Crippen LogP contribution in [-0.2, 0) is 9.59 Å². The first-order chi connectivity index (χ1) is 4.54. The topological polar surface area (TPSA) is 94.8 Å². The van der Waals surface area contributed by atoms with Gasteiger partial charge in [-0.1, -0.05) is 15.9 Å². The van der Waals surface area contributed by atoms with Gasteiger partial charge >= 0.3 is 11.9 Å². The van der Waals surface area contributed by atoms with Gasteiger partial charge in [0.1, 0.15) is 11.9 Å². The molecule has 0 aromatic heterocycles. The summed E-state index contributed by atoms with van der Waals surface area (Å²) in [4.78, 5) is 18.4. The van der Waals surface area contributed by atoms with E-state index in [-0.39, 0.29) is 5.33 Å². The van der Waals surface area contributed by atoms with Crippen LogP contribution in [0.1, 0.15) is 0 Å². The SMILES string of the molecule is O=C(O)CBr.O=C(O)CO. The average Bonchev–Trinajstić information content (AvgIpc) is 1.89. The summed E-state index contributed by atoms with van der Waals surface area (Å²) in [6, 6.07) is 0. The van der Waals surface area contributed by atoms with Crippen molar-refractivity contribution < 1.29 is 24.9 Å². The lowest BCUT2D eigenvalue weighted by Gasteiger charge is -1.72. The molecule has 0 aliphatic heterocycles. The molecule has 0 atom stereocenters. The first kappa shape index (κ1) is 12.1. The van der Waals surface area contributed by atoms with Gasteiger partial charge in [-0.3, -0.25) is 4.79 Å². The zero-order valence-corrected chi connectivity index (χ0v) is 6.54. The van der Waals surface area contributed by atoms with Gasteiger partial charge < -0.3 is 15.3 Å². The van der Waals surface area contributed by atoms with Crippen molar-refractivity contribution in [2.24, 2.45) is 0 Å². The standard InChI is InChI=1S/C2H3BrO2.C2H4O3/c2*3-1-2(4)5/h1H2,(H,4,5);3H,1H2,(H,4,5). The van der Waals surface area contributed by atoms with E-state index < -0.39 is 18.5 Å². The molecule has 10 heavy (non-hydrogen) atoms. The minimum absolute atomic E-state index is 0.0347. The lowest BCUT2D eigenvalue weighted by atomic mass is 10.8. The fraction of sp³-hybridized carbons (Fsp3) is 0.500. The van der Waals surface area contributed by atoms with Gasteiger partial charge in [0, 0.05) is 0 Å². The van der Waals surface area contributed by atoms with Crippen LogP contribution in [0.25, 0.3) is 0 Å². The van der Waals surface area contributed by atoms with Gasteiger partial charge in [-0.2, -0.15) is 0 Å². The Balaban J connectivity index is 0. The first-order valence-corrected chi connectivity index (χ1v) is 3.27. The number of halogens is 1. The molecule has 0 aliphatic carbocycles. The maximum absolute atomic E-state index is 9.32. The summed E-state index contributed by atoms with van der Waals surface area (Å²) in [6.45, 7) is -0.778. The molecule has 0 saturated heterocycles. The van der Waals surface area contributed by atoms with E-state index in [1.54, 1.807) is 0 Å². The molecule has 0 amide bonds. The van der Waals surface area contributed by atoms with Gasteiger partial charge in [0.25, 0.3) is 0 Å². The van der Waals surface area contributed by atoms with E-state index in [4.69, 9.17) is 20.1 Å². The lowest BCUT2D eigenvalue weighted by molar-refractivity contribution is -0.140. The predicted molar refractivity (Wildman–Crippen MR) is 36.2 cm³/mol. The molecule has 6 heteroatoms. The molecular weight excluding hydrogens is 208 g/mol. The maximum Gasteiger partial charge on any atom is 0.329 e. The van der Waals surface area contributed by atoms with Crippen LogP contribution in [0.4, 0.5) is 0 Å². The number of alkyl halides is 1. The van der Waals surface area contributed by atoms with E-state index in [1.165, 1.54) is 0 Å². The number of hydrogen-bond donors (Lipinski definition) is 3. The zero-order valence-electron chi connectivity index (χ0n) is 4.95. The molecule has 0 rings (SSSR count). The number of hydrogen-bond acceptors (Lipinski definition) is 3. The minimum Gasteiger partial charge on any atom is -0.481 e. The summed E-state index contributed by atoms with van der Waals surface area (Å²) < 4.78 is 0. The van der Waals surface area contributed by atoms with Crippen LogP contribution >= 0.6 is 15.9 Å². The Morgan fingerprint density at radius 1 is 1.20 bits per heavy atom. The van der Waals surface area contributed by atoms with Crippen molar-refractivity contribution in [3.05, 3.63) is 0 Å². The van der Waals surface area contributed by atoms with Gasteiger partial charge in [-0.15, -0.1) is 0 Å². The van der Waals surface area contributed by atoms with Crippen molar-refractivity contribution in [1.29, 1.82) is 0 Å². The van der Waals surface area contributed by atoms with Crippen molar-refractivity contribution in [2.75, 3.05) is 11.9 Å². The van der Waals surface area contributed by atoms with E-state index in [0.717, 1.165) is 0 Å². The summed E-state index contributed by atoms with van der Waals surface area (Å²) in [7, 11) is 0.